The van der Waals surface area contributed by atoms with Gasteiger partial charge in [0.15, 0.2) is 0 Å². The molecule has 5 heteroatoms. The summed E-state index contributed by atoms with van der Waals surface area (Å²) in [5.41, 5.74) is 6.04. The highest BCUT2D eigenvalue weighted by Crippen LogP contribution is 2.27. The normalized spacial score (nSPS) is 35.5. The Bertz CT molecular complexity index is 382. The van der Waals surface area contributed by atoms with Crippen molar-refractivity contribution in [2.45, 2.75) is 63.6 Å². The number of carbonyl (C=O) groups excluding carboxylic acids is 1. The van der Waals surface area contributed by atoms with Crippen LogP contribution in [0.2, 0.25) is 0 Å². The Labute approximate surface area is 134 Å². The third kappa shape index (κ3) is 3.81. The summed E-state index contributed by atoms with van der Waals surface area (Å²) in [5.74, 6) is 0.549. The molecule has 0 radical (unpaired) electrons. The van der Waals surface area contributed by atoms with Crippen LogP contribution in [0.1, 0.15) is 45.4 Å². The fourth-order valence-electron chi connectivity index (χ4n) is 4.34. The third-order valence-corrected chi connectivity index (χ3v) is 5.63. The quantitative estimate of drug-likeness (QED) is 0.833. The van der Waals surface area contributed by atoms with E-state index in [1.165, 1.54) is 0 Å². The highest BCUT2D eigenvalue weighted by atomic mass is 16.5. The molecule has 3 fully saturated rings. The fourth-order valence-corrected chi connectivity index (χ4v) is 4.34. The van der Waals surface area contributed by atoms with Gasteiger partial charge < -0.3 is 15.4 Å². The van der Waals surface area contributed by atoms with Crippen LogP contribution in [0.3, 0.4) is 0 Å². The van der Waals surface area contributed by atoms with Gasteiger partial charge in [-0.15, -0.1) is 0 Å². The van der Waals surface area contributed by atoms with E-state index in [-0.39, 0.29) is 12.0 Å². The van der Waals surface area contributed by atoms with Gasteiger partial charge in [0, 0.05) is 44.2 Å². The van der Waals surface area contributed by atoms with Crippen molar-refractivity contribution in [1.82, 2.24) is 9.80 Å². The molecule has 2 saturated heterocycles. The van der Waals surface area contributed by atoms with E-state index in [0.29, 0.717) is 18.1 Å². The fraction of sp³-hybridized carbons (Fsp3) is 0.941. The van der Waals surface area contributed by atoms with E-state index in [2.05, 4.69) is 16.7 Å². The smallest absolute Gasteiger partial charge is 0.225 e. The van der Waals surface area contributed by atoms with Crippen molar-refractivity contribution < 1.29 is 9.53 Å². The second kappa shape index (κ2) is 7.28. The molecule has 5 nitrogen and oxygen atoms in total. The zero-order chi connectivity index (χ0) is 15.5. The molecule has 1 amide bonds. The third-order valence-electron chi connectivity index (χ3n) is 5.63. The van der Waals surface area contributed by atoms with Gasteiger partial charge >= 0.3 is 0 Å². The molecule has 1 saturated carbocycles. The van der Waals surface area contributed by atoms with Crippen LogP contribution in [0.15, 0.2) is 0 Å². The van der Waals surface area contributed by atoms with E-state index >= 15 is 0 Å². The van der Waals surface area contributed by atoms with Crippen LogP contribution >= 0.6 is 0 Å². The first kappa shape index (κ1) is 16.2. The number of hydrogen-bond acceptors (Lipinski definition) is 4. The Morgan fingerprint density at radius 2 is 1.91 bits per heavy atom. The average Bonchev–Trinajstić information content (AvgIpc) is 2.54. The van der Waals surface area contributed by atoms with Crippen molar-refractivity contribution in [3.8, 4) is 0 Å². The lowest BCUT2D eigenvalue weighted by molar-refractivity contribution is -0.138. The maximum absolute atomic E-state index is 12.7. The van der Waals surface area contributed by atoms with Crippen LogP contribution in [0.25, 0.3) is 0 Å². The molecular formula is C17H31N3O2. The summed E-state index contributed by atoms with van der Waals surface area (Å²) in [5, 5.41) is 0. The Balaban J connectivity index is 1.47. The van der Waals surface area contributed by atoms with E-state index in [4.69, 9.17) is 10.5 Å². The molecule has 0 spiro atoms. The molecule has 2 aliphatic heterocycles. The van der Waals surface area contributed by atoms with E-state index in [9.17, 15) is 4.79 Å². The molecule has 126 valence electrons. The molecule has 3 unspecified atom stereocenters. The van der Waals surface area contributed by atoms with Crippen LogP contribution in [-0.4, -0.2) is 66.7 Å². The summed E-state index contributed by atoms with van der Waals surface area (Å²) in [6, 6.07) is 0.860. The second-order valence-corrected chi connectivity index (χ2v) is 7.36. The average molecular weight is 309 g/mol. The number of nitrogens with two attached hydrogens (primary N) is 1. The van der Waals surface area contributed by atoms with E-state index in [0.717, 1.165) is 71.3 Å². The summed E-state index contributed by atoms with van der Waals surface area (Å²) in [6.45, 7) is 6.91. The molecule has 2 N–H and O–H groups in total. The lowest BCUT2D eigenvalue weighted by Gasteiger charge is -2.42. The number of nitrogens with zero attached hydrogens (tertiary/aromatic N) is 2. The maximum atomic E-state index is 12.7. The summed E-state index contributed by atoms with van der Waals surface area (Å²) in [7, 11) is 0. The SMILES string of the molecule is CC1CN(C2CCN(C(=O)C3CCCC(N)C3)CC2)CCO1. The summed E-state index contributed by atoms with van der Waals surface area (Å²) in [4.78, 5) is 17.3. The second-order valence-electron chi connectivity index (χ2n) is 7.36. The highest BCUT2D eigenvalue weighted by molar-refractivity contribution is 5.79. The molecule has 3 aliphatic rings. The Hall–Kier alpha value is -0.650. The molecule has 3 atom stereocenters. The van der Waals surface area contributed by atoms with Gasteiger partial charge in [0.25, 0.3) is 0 Å². The molecule has 0 aromatic rings. The van der Waals surface area contributed by atoms with Gasteiger partial charge in [-0.05, 0) is 39.0 Å². The van der Waals surface area contributed by atoms with Crippen molar-refractivity contribution in [2.24, 2.45) is 11.7 Å². The summed E-state index contributed by atoms with van der Waals surface area (Å²) < 4.78 is 5.63. The van der Waals surface area contributed by atoms with Crippen molar-refractivity contribution in [2.75, 3.05) is 32.8 Å². The number of amides is 1. The monoisotopic (exact) mass is 309 g/mol. The number of piperidine rings is 1. The molecule has 0 aromatic carbocycles. The molecule has 3 rings (SSSR count). The number of likely N-dealkylation sites (tertiary alicyclic amines) is 1. The molecule has 0 bridgehead atoms. The van der Waals surface area contributed by atoms with Gasteiger partial charge in [-0.25, -0.2) is 0 Å². The first-order valence-electron chi connectivity index (χ1n) is 9.03. The Morgan fingerprint density at radius 1 is 1.14 bits per heavy atom. The summed E-state index contributed by atoms with van der Waals surface area (Å²) >= 11 is 0. The zero-order valence-corrected chi connectivity index (χ0v) is 13.9. The first-order chi connectivity index (χ1) is 10.6. The number of hydrogen-bond donors (Lipinski definition) is 1. The standard InChI is InChI=1S/C17H31N3O2/c1-13-12-20(9-10-22-13)16-5-7-19(8-6-16)17(21)14-3-2-4-15(18)11-14/h13-16H,2-12,18H2,1H3. The van der Waals surface area contributed by atoms with Crippen molar-refractivity contribution in [3.63, 3.8) is 0 Å². The molecule has 2 heterocycles. The van der Waals surface area contributed by atoms with Crippen LogP contribution < -0.4 is 5.73 Å². The minimum Gasteiger partial charge on any atom is -0.376 e. The van der Waals surface area contributed by atoms with Gasteiger partial charge in [0.2, 0.25) is 5.91 Å². The summed E-state index contributed by atoms with van der Waals surface area (Å²) in [6.07, 6.45) is 6.68. The van der Waals surface area contributed by atoms with Crippen LogP contribution in [-0.2, 0) is 9.53 Å². The number of ether oxygens (including phenoxy) is 1. The van der Waals surface area contributed by atoms with Gasteiger partial charge in [-0.3, -0.25) is 9.69 Å². The predicted molar refractivity (Wildman–Crippen MR) is 86.5 cm³/mol. The van der Waals surface area contributed by atoms with Gasteiger partial charge in [-0.2, -0.15) is 0 Å². The lowest BCUT2D eigenvalue weighted by Crippen LogP contribution is -2.52. The van der Waals surface area contributed by atoms with Gasteiger partial charge in [0.05, 0.1) is 12.7 Å². The zero-order valence-electron chi connectivity index (χ0n) is 13.9. The molecule has 0 aromatic heterocycles. The number of carbonyl (C=O) groups is 1. The van der Waals surface area contributed by atoms with Crippen molar-refractivity contribution >= 4 is 5.91 Å². The number of morpholine rings is 1. The minimum absolute atomic E-state index is 0.184. The van der Waals surface area contributed by atoms with Gasteiger partial charge in [-0.1, -0.05) is 6.42 Å². The van der Waals surface area contributed by atoms with Crippen LogP contribution in [0.5, 0.6) is 0 Å². The van der Waals surface area contributed by atoms with Crippen molar-refractivity contribution in [3.05, 3.63) is 0 Å². The van der Waals surface area contributed by atoms with Crippen LogP contribution in [0, 0.1) is 5.92 Å². The van der Waals surface area contributed by atoms with E-state index in [1.54, 1.807) is 0 Å². The predicted octanol–water partition coefficient (Wildman–Crippen LogP) is 1.22. The van der Waals surface area contributed by atoms with Gasteiger partial charge in [0.1, 0.15) is 0 Å². The molecule has 1 aliphatic carbocycles. The molecule has 22 heavy (non-hydrogen) atoms. The van der Waals surface area contributed by atoms with E-state index in [1.807, 2.05) is 0 Å². The molecular weight excluding hydrogens is 278 g/mol. The van der Waals surface area contributed by atoms with Crippen LogP contribution in [0.4, 0.5) is 0 Å². The minimum atomic E-state index is 0.184. The van der Waals surface area contributed by atoms with Crippen molar-refractivity contribution in [1.29, 1.82) is 0 Å². The Morgan fingerprint density at radius 3 is 2.59 bits per heavy atom. The highest BCUT2D eigenvalue weighted by Gasteiger charge is 2.33. The lowest BCUT2D eigenvalue weighted by atomic mass is 9.85. The topological polar surface area (TPSA) is 58.8 Å². The first-order valence-corrected chi connectivity index (χ1v) is 9.03. The van der Waals surface area contributed by atoms with E-state index < -0.39 is 0 Å². The largest absolute Gasteiger partial charge is 0.376 e. The Kier molecular flexibility index (Phi) is 5.37. The number of rotatable bonds is 2. The maximum Gasteiger partial charge on any atom is 0.225 e.